The molecule has 0 radical (unpaired) electrons. The van der Waals surface area contributed by atoms with E-state index in [4.69, 9.17) is 14.6 Å². The number of carbonyl (C=O) groups excluding carboxylic acids is 1. The Morgan fingerprint density at radius 1 is 1.50 bits per heavy atom. The summed E-state index contributed by atoms with van der Waals surface area (Å²) in [6, 6.07) is 4.08. The zero-order chi connectivity index (χ0) is 16.1. The molecule has 1 aliphatic heterocycles. The average Bonchev–Trinajstić information content (AvgIpc) is 2.54. The SMILES string of the molecule is C[C@@H](Oc1cc(CO)ccc1[N+](=O)[O-])C(=O)N1CCOCC1. The standard InChI is InChI=1S/C14H18N2O6/c1-10(14(18)15-4-6-21-7-5-15)22-13-8-11(9-17)2-3-12(13)16(19)20/h2-3,8,10,17H,4-7,9H2,1H3/t10-/m1/s1. The summed E-state index contributed by atoms with van der Waals surface area (Å²) in [5.41, 5.74) is 0.241. The molecule has 0 bridgehead atoms. The van der Waals surface area contributed by atoms with Gasteiger partial charge >= 0.3 is 5.69 Å². The molecular weight excluding hydrogens is 292 g/mol. The van der Waals surface area contributed by atoms with Crippen molar-refractivity contribution < 1.29 is 24.3 Å². The molecule has 0 saturated carbocycles. The van der Waals surface area contributed by atoms with Gasteiger partial charge in [-0.05, 0) is 24.6 Å². The Labute approximate surface area is 127 Å². The number of benzene rings is 1. The van der Waals surface area contributed by atoms with Crippen LogP contribution in [0.1, 0.15) is 12.5 Å². The molecular formula is C14H18N2O6. The number of ether oxygens (including phenoxy) is 2. The van der Waals surface area contributed by atoms with E-state index in [-0.39, 0.29) is 24.0 Å². The summed E-state index contributed by atoms with van der Waals surface area (Å²) in [6.07, 6.45) is -0.856. The fraction of sp³-hybridized carbons (Fsp3) is 0.500. The molecule has 2 rings (SSSR count). The molecule has 1 N–H and O–H groups in total. The van der Waals surface area contributed by atoms with Crippen molar-refractivity contribution in [2.24, 2.45) is 0 Å². The van der Waals surface area contributed by atoms with Crippen LogP contribution in [0.3, 0.4) is 0 Å². The van der Waals surface area contributed by atoms with Crippen molar-refractivity contribution >= 4 is 11.6 Å². The molecule has 1 atom stereocenters. The third-order valence-corrected chi connectivity index (χ3v) is 3.38. The second kappa shape index (κ2) is 7.19. The molecule has 0 spiro atoms. The van der Waals surface area contributed by atoms with Gasteiger partial charge in [0.2, 0.25) is 0 Å². The lowest BCUT2D eigenvalue weighted by molar-refractivity contribution is -0.386. The second-order valence-electron chi connectivity index (χ2n) is 4.92. The first-order valence-corrected chi connectivity index (χ1v) is 6.94. The van der Waals surface area contributed by atoms with E-state index >= 15 is 0 Å². The van der Waals surface area contributed by atoms with Crippen LogP contribution in [0.4, 0.5) is 5.69 Å². The average molecular weight is 310 g/mol. The maximum atomic E-state index is 12.3. The normalized spacial score (nSPS) is 16.2. The van der Waals surface area contributed by atoms with Crippen LogP contribution in [0.5, 0.6) is 5.75 Å². The fourth-order valence-corrected chi connectivity index (χ4v) is 2.18. The van der Waals surface area contributed by atoms with E-state index in [1.807, 2.05) is 0 Å². The number of morpholine rings is 1. The number of nitrogens with zero attached hydrogens (tertiary/aromatic N) is 2. The van der Waals surface area contributed by atoms with Crippen LogP contribution in [-0.4, -0.2) is 53.2 Å². The van der Waals surface area contributed by atoms with Crippen molar-refractivity contribution in [1.29, 1.82) is 0 Å². The van der Waals surface area contributed by atoms with Gasteiger partial charge in [0.05, 0.1) is 24.7 Å². The molecule has 120 valence electrons. The van der Waals surface area contributed by atoms with Crippen molar-refractivity contribution in [1.82, 2.24) is 4.90 Å². The van der Waals surface area contributed by atoms with Crippen LogP contribution < -0.4 is 4.74 Å². The minimum Gasteiger partial charge on any atom is -0.474 e. The zero-order valence-corrected chi connectivity index (χ0v) is 12.2. The summed E-state index contributed by atoms with van der Waals surface area (Å²) in [4.78, 5) is 24.3. The molecule has 8 heteroatoms. The third kappa shape index (κ3) is 3.71. The maximum Gasteiger partial charge on any atom is 0.310 e. The molecule has 1 aromatic rings. The van der Waals surface area contributed by atoms with Crippen molar-refractivity contribution in [3.05, 3.63) is 33.9 Å². The van der Waals surface area contributed by atoms with Gasteiger partial charge < -0.3 is 19.5 Å². The molecule has 1 heterocycles. The van der Waals surface area contributed by atoms with Gasteiger partial charge in [0, 0.05) is 19.2 Å². The summed E-state index contributed by atoms with van der Waals surface area (Å²) >= 11 is 0. The van der Waals surface area contributed by atoms with Crippen LogP contribution >= 0.6 is 0 Å². The van der Waals surface area contributed by atoms with Gasteiger partial charge in [0.1, 0.15) is 0 Å². The minimum atomic E-state index is -0.856. The number of nitro benzene ring substituents is 1. The van der Waals surface area contributed by atoms with Gasteiger partial charge in [-0.3, -0.25) is 14.9 Å². The Morgan fingerprint density at radius 2 is 2.18 bits per heavy atom. The quantitative estimate of drug-likeness (QED) is 0.635. The number of nitro groups is 1. The highest BCUT2D eigenvalue weighted by molar-refractivity contribution is 5.81. The lowest BCUT2D eigenvalue weighted by Crippen LogP contribution is -2.46. The Bertz CT molecular complexity index is 556. The van der Waals surface area contributed by atoms with Gasteiger partial charge in [-0.1, -0.05) is 0 Å². The second-order valence-corrected chi connectivity index (χ2v) is 4.92. The van der Waals surface area contributed by atoms with Crippen molar-refractivity contribution in [2.45, 2.75) is 19.6 Å². The van der Waals surface area contributed by atoms with Crippen LogP contribution in [-0.2, 0) is 16.1 Å². The number of hydrogen-bond donors (Lipinski definition) is 1. The molecule has 1 aromatic carbocycles. The monoisotopic (exact) mass is 310 g/mol. The molecule has 8 nitrogen and oxygen atoms in total. The molecule has 0 unspecified atom stereocenters. The van der Waals surface area contributed by atoms with Crippen molar-refractivity contribution in [3.8, 4) is 5.75 Å². The number of amides is 1. The Balaban J connectivity index is 2.14. The van der Waals surface area contributed by atoms with Gasteiger partial charge in [0.15, 0.2) is 11.9 Å². The molecule has 0 aliphatic carbocycles. The molecule has 22 heavy (non-hydrogen) atoms. The Kier molecular flexibility index (Phi) is 5.29. The van der Waals surface area contributed by atoms with Crippen LogP contribution in [0, 0.1) is 10.1 Å². The van der Waals surface area contributed by atoms with Crippen LogP contribution in [0.25, 0.3) is 0 Å². The van der Waals surface area contributed by atoms with Crippen LogP contribution in [0.15, 0.2) is 18.2 Å². The van der Waals surface area contributed by atoms with E-state index in [1.54, 1.807) is 11.8 Å². The summed E-state index contributed by atoms with van der Waals surface area (Å²) in [5.74, 6) is -0.266. The summed E-state index contributed by atoms with van der Waals surface area (Å²) in [6.45, 7) is 3.18. The summed E-state index contributed by atoms with van der Waals surface area (Å²) < 4.78 is 10.7. The predicted molar refractivity (Wildman–Crippen MR) is 76.5 cm³/mol. The van der Waals surface area contributed by atoms with Crippen LogP contribution in [0.2, 0.25) is 0 Å². The van der Waals surface area contributed by atoms with Gasteiger partial charge in [-0.15, -0.1) is 0 Å². The van der Waals surface area contributed by atoms with Crippen molar-refractivity contribution in [3.63, 3.8) is 0 Å². The van der Waals surface area contributed by atoms with Gasteiger partial charge in [-0.2, -0.15) is 0 Å². The number of rotatable bonds is 5. The minimum absolute atomic E-state index is 0.0225. The number of hydrogen-bond acceptors (Lipinski definition) is 6. The first kappa shape index (κ1) is 16.2. The largest absolute Gasteiger partial charge is 0.474 e. The van der Waals surface area contributed by atoms with E-state index in [9.17, 15) is 14.9 Å². The van der Waals surface area contributed by atoms with E-state index < -0.39 is 11.0 Å². The number of aliphatic hydroxyl groups is 1. The number of aliphatic hydroxyl groups excluding tert-OH is 1. The lowest BCUT2D eigenvalue weighted by Gasteiger charge is -2.29. The highest BCUT2D eigenvalue weighted by Gasteiger charge is 2.26. The molecule has 1 saturated heterocycles. The maximum absolute atomic E-state index is 12.3. The van der Waals surface area contributed by atoms with Crippen molar-refractivity contribution in [2.75, 3.05) is 26.3 Å². The highest BCUT2D eigenvalue weighted by Crippen LogP contribution is 2.29. The van der Waals surface area contributed by atoms with E-state index in [0.717, 1.165) is 0 Å². The predicted octanol–water partition coefficient (Wildman–Crippen LogP) is 0.713. The summed E-state index contributed by atoms with van der Waals surface area (Å²) in [5, 5.41) is 20.1. The Morgan fingerprint density at radius 3 is 2.77 bits per heavy atom. The third-order valence-electron chi connectivity index (χ3n) is 3.38. The smallest absolute Gasteiger partial charge is 0.310 e. The highest BCUT2D eigenvalue weighted by atomic mass is 16.6. The summed E-state index contributed by atoms with van der Waals surface area (Å²) in [7, 11) is 0. The molecule has 1 aliphatic rings. The first-order chi connectivity index (χ1) is 10.5. The van der Waals surface area contributed by atoms with E-state index in [0.29, 0.717) is 31.9 Å². The lowest BCUT2D eigenvalue weighted by atomic mass is 10.2. The molecule has 1 fully saturated rings. The molecule has 1 amide bonds. The number of carbonyl (C=O) groups is 1. The fourth-order valence-electron chi connectivity index (χ4n) is 2.18. The Hall–Kier alpha value is -2.19. The molecule has 0 aromatic heterocycles. The first-order valence-electron chi connectivity index (χ1n) is 6.94. The van der Waals surface area contributed by atoms with E-state index in [1.165, 1.54) is 18.2 Å². The van der Waals surface area contributed by atoms with E-state index in [2.05, 4.69) is 0 Å². The zero-order valence-electron chi connectivity index (χ0n) is 12.2. The van der Waals surface area contributed by atoms with Gasteiger partial charge in [0.25, 0.3) is 5.91 Å². The van der Waals surface area contributed by atoms with Gasteiger partial charge in [-0.25, -0.2) is 0 Å². The topological polar surface area (TPSA) is 102 Å².